The first-order chi connectivity index (χ1) is 11.6. The molecular formula is C17H18Cl2N2O3S. The Morgan fingerprint density at radius 1 is 1.12 bits per heavy atom. The minimum atomic E-state index is -3.73. The molecule has 8 heteroatoms. The Morgan fingerprint density at radius 3 is 2.44 bits per heavy atom. The number of carbonyl (C=O) groups excluding carboxylic acids is 1. The van der Waals surface area contributed by atoms with Gasteiger partial charge in [-0.05, 0) is 49.2 Å². The van der Waals surface area contributed by atoms with Crippen molar-refractivity contribution in [2.24, 2.45) is 0 Å². The molecule has 0 aliphatic rings. The zero-order valence-electron chi connectivity index (χ0n) is 14.0. The van der Waals surface area contributed by atoms with Gasteiger partial charge in [0.05, 0.1) is 17.0 Å². The summed E-state index contributed by atoms with van der Waals surface area (Å²) in [7, 11) is -3.73. The lowest BCUT2D eigenvalue weighted by Crippen LogP contribution is -2.37. The third-order valence-corrected chi connectivity index (χ3v) is 5.21. The molecule has 2 aromatic carbocycles. The van der Waals surface area contributed by atoms with Crippen molar-refractivity contribution in [2.45, 2.75) is 13.8 Å². The van der Waals surface area contributed by atoms with Crippen LogP contribution >= 0.6 is 23.2 Å². The Morgan fingerprint density at radius 2 is 1.80 bits per heavy atom. The molecular weight excluding hydrogens is 383 g/mol. The molecule has 0 aliphatic carbocycles. The molecule has 0 atom stereocenters. The van der Waals surface area contributed by atoms with Crippen molar-refractivity contribution in [3.05, 3.63) is 57.6 Å². The first-order valence-electron chi connectivity index (χ1n) is 7.38. The molecule has 0 aromatic heterocycles. The molecule has 1 amide bonds. The number of aryl methyl sites for hydroxylation is 2. The number of rotatable bonds is 5. The molecule has 0 saturated heterocycles. The molecule has 0 heterocycles. The highest BCUT2D eigenvalue weighted by Gasteiger charge is 2.23. The van der Waals surface area contributed by atoms with E-state index in [1.54, 1.807) is 6.07 Å². The summed E-state index contributed by atoms with van der Waals surface area (Å²) < 4.78 is 25.2. The van der Waals surface area contributed by atoms with Crippen molar-refractivity contribution in [3.8, 4) is 0 Å². The standard InChI is InChI=1S/C17H18Cl2N2O3S/c1-11-4-5-12(2)15(8-11)20-17(22)10-21(25(3,23)24)16-9-13(18)6-7-14(16)19/h4-9H,10H2,1-3H3,(H,20,22). The Kier molecular flexibility index (Phi) is 5.98. The van der Waals surface area contributed by atoms with Crippen molar-refractivity contribution in [1.29, 1.82) is 0 Å². The quantitative estimate of drug-likeness (QED) is 0.823. The third-order valence-electron chi connectivity index (χ3n) is 3.53. The van der Waals surface area contributed by atoms with E-state index < -0.39 is 22.5 Å². The van der Waals surface area contributed by atoms with Crippen LogP contribution in [0, 0.1) is 13.8 Å². The van der Waals surface area contributed by atoms with Gasteiger partial charge in [-0.1, -0.05) is 35.3 Å². The highest BCUT2D eigenvalue weighted by Crippen LogP contribution is 2.30. The molecule has 134 valence electrons. The van der Waals surface area contributed by atoms with E-state index in [0.717, 1.165) is 21.7 Å². The average Bonchev–Trinajstić information content (AvgIpc) is 2.50. The maximum atomic E-state index is 12.4. The molecule has 0 spiro atoms. The number of anilines is 2. The normalized spacial score (nSPS) is 11.2. The molecule has 0 radical (unpaired) electrons. The lowest BCUT2D eigenvalue weighted by atomic mass is 10.1. The smallest absolute Gasteiger partial charge is 0.245 e. The Hall–Kier alpha value is -1.76. The lowest BCUT2D eigenvalue weighted by molar-refractivity contribution is -0.114. The molecule has 0 aliphatic heterocycles. The van der Waals surface area contributed by atoms with Crippen LogP contribution in [0.3, 0.4) is 0 Å². The van der Waals surface area contributed by atoms with Crippen LogP contribution in [0.15, 0.2) is 36.4 Å². The molecule has 2 aromatic rings. The number of carbonyl (C=O) groups is 1. The first kappa shape index (κ1) is 19.6. The van der Waals surface area contributed by atoms with Gasteiger partial charge in [0.15, 0.2) is 0 Å². The molecule has 1 N–H and O–H groups in total. The minimum Gasteiger partial charge on any atom is -0.324 e. The van der Waals surface area contributed by atoms with Gasteiger partial charge in [-0.2, -0.15) is 0 Å². The van der Waals surface area contributed by atoms with E-state index in [0.29, 0.717) is 10.7 Å². The fourth-order valence-electron chi connectivity index (χ4n) is 2.25. The number of hydrogen-bond acceptors (Lipinski definition) is 3. The Balaban J connectivity index is 2.30. The summed E-state index contributed by atoms with van der Waals surface area (Å²) >= 11 is 12.0. The number of halogens is 2. The first-order valence-corrected chi connectivity index (χ1v) is 9.98. The van der Waals surface area contributed by atoms with Gasteiger partial charge < -0.3 is 5.32 Å². The van der Waals surface area contributed by atoms with Crippen LogP contribution in [-0.4, -0.2) is 27.1 Å². The average molecular weight is 401 g/mol. The van der Waals surface area contributed by atoms with E-state index in [9.17, 15) is 13.2 Å². The fourth-order valence-corrected chi connectivity index (χ4v) is 3.54. The topological polar surface area (TPSA) is 66.5 Å². The summed E-state index contributed by atoms with van der Waals surface area (Å²) in [5, 5.41) is 3.25. The van der Waals surface area contributed by atoms with Crippen molar-refractivity contribution in [1.82, 2.24) is 0 Å². The van der Waals surface area contributed by atoms with E-state index in [1.165, 1.54) is 12.1 Å². The van der Waals surface area contributed by atoms with Gasteiger partial charge in [0.1, 0.15) is 6.54 Å². The highest BCUT2D eigenvalue weighted by molar-refractivity contribution is 7.92. The number of sulfonamides is 1. The van der Waals surface area contributed by atoms with Gasteiger partial charge in [0.25, 0.3) is 0 Å². The van der Waals surface area contributed by atoms with Crippen LogP contribution in [0.4, 0.5) is 11.4 Å². The van der Waals surface area contributed by atoms with Crippen LogP contribution < -0.4 is 9.62 Å². The van der Waals surface area contributed by atoms with Gasteiger partial charge in [-0.15, -0.1) is 0 Å². The van der Waals surface area contributed by atoms with E-state index in [-0.39, 0.29) is 10.7 Å². The summed E-state index contributed by atoms with van der Waals surface area (Å²) in [5.74, 6) is -0.477. The van der Waals surface area contributed by atoms with Crippen molar-refractivity contribution < 1.29 is 13.2 Å². The Labute approximate surface area is 157 Å². The number of nitrogens with one attached hydrogen (secondary N) is 1. The lowest BCUT2D eigenvalue weighted by Gasteiger charge is -2.23. The number of benzene rings is 2. The van der Waals surface area contributed by atoms with Gasteiger partial charge in [0.2, 0.25) is 15.9 Å². The fraction of sp³-hybridized carbons (Fsp3) is 0.235. The maximum absolute atomic E-state index is 12.4. The van der Waals surface area contributed by atoms with E-state index in [4.69, 9.17) is 23.2 Å². The van der Waals surface area contributed by atoms with Crippen molar-refractivity contribution in [3.63, 3.8) is 0 Å². The minimum absolute atomic E-state index is 0.160. The second-order valence-corrected chi connectivity index (χ2v) is 8.48. The summed E-state index contributed by atoms with van der Waals surface area (Å²) in [4.78, 5) is 12.4. The summed E-state index contributed by atoms with van der Waals surface area (Å²) in [6.45, 7) is 3.35. The predicted molar refractivity (Wildman–Crippen MR) is 103 cm³/mol. The number of nitrogens with zero attached hydrogens (tertiary/aromatic N) is 1. The largest absolute Gasteiger partial charge is 0.324 e. The predicted octanol–water partition coefficient (Wildman–Crippen LogP) is 4.01. The number of hydrogen-bond donors (Lipinski definition) is 1. The van der Waals surface area contributed by atoms with Crippen LogP contribution in [0.5, 0.6) is 0 Å². The Bertz CT molecular complexity index is 914. The maximum Gasteiger partial charge on any atom is 0.245 e. The zero-order valence-corrected chi connectivity index (χ0v) is 16.3. The van der Waals surface area contributed by atoms with Crippen molar-refractivity contribution >= 4 is 50.5 Å². The van der Waals surface area contributed by atoms with Gasteiger partial charge >= 0.3 is 0 Å². The van der Waals surface area contributed by atoms with Gasteiger partial charge in [0, 0.05) is 10.7 Å². The monoisotopic (exact) mass is 400 g/mol. The molecule has 25 heavy (non-hydrogen) atoms. The number of amides is 1. The third kappa shape index (κ3) is 5.11. The van der Waals surface area contributed by atoms with Gasteiger partial charge in [-0.25, -0.2) is 8.42 Å². The van der Waals surface area contributed by atoms with Crippen LogP contribution in [0.1, 0.15) is 11.1 Å². The zero-order chi connectivity index (χ0) is 18.8. The van der Waals surface area contributed by atoms with Gasteiger partial charge in [-0.3, -0.25) is 9.10 Å². The SMILES string of the molecule is Cc1ccc(C)c(NC(=O)CN(c2cc(Cl)ccc2Cl)S(C)(=O)=O)c1. The van der Waals surface area contributed by atoms with Crippen molar-refractivity contribution in [2.75, 3.05) is 22.4 Å². The molecule has 2 rings (SSSR count). The molecule has 0 fully saturated rings. The molecule has 0 bridgehead atoms. The van der Waals surface area contributed by atoms with Crippen LogP contribution in [-0.2, 0) is 14.8 Å². The molecule has 5 nitrogen and oxygen atoms in total. The van der Waals surface area contributed by atoms with E-state index in [1.807, 2.05) is 32.0 Å². The highest BCUT2D eigenvalue weighted by atomic mass is 35.5. The van der Waals surface area contributed by atoms with E-state index in [2.05, 4.69) is 5.32 Å². The van der Waals surface area contributed by atoms with Crippen LogP contribution in [0.2, 0.25) is 10.0 Å². The second-order valence-electron chi connectivity index (χ2n) is 5.73. The summed E-state index contributed by atoms with van der Waals surface area (Å²) in [6.07, 6.45) is 1.01. The molecule has 0 unspecified atom stereocenters. The summed E-state index contributed by atoms with van der Waals surface area (Å²) in [5.41, 5.74) is 2.66. The second kappa shape index (κ2) is 7.64. The molecule has 0 saturated carbocycles. The van der Waals surface area contributed by atoms with Crippen LogP contribution in [0.25, 0.3) is 0 Å². The van der Waals surface area contributed by atoms with E-state index >= 15 is 0 Å². The summed E-state index contributed by atoms with van der Waals surface area (Å²) in [6, 6.07) is 10.1.